The Morgan fingerprint density at radius 1 is 1.76 bits per heavy atom. The smallest absolute Gasteiger partial charge is 0.273 e. The summed E-state index contributed by atoms with van der Waals surface area (Å²) in [6, 6.07) is 0. The van der Waals surface area contributed by atoms with E-state index < -0.39 is 0 Å². The van der Waals surface area contributed by atoms with Crippen LogP contribution < -0.4 is 5.32 Å². The third kappa shape index (κ3) is 2.98. The van der Waals surface area contributed by atoms with Gasteiger partial charge in [-0.2, -0.15) is 5.10 Å². The van der Waals surface area contributed by atoms with E-state index in [1.807, 2.05) is 6.92 Å². The van der Waals surface area contributed by atoms with E-state index in [1.54, 1.807) is 10.9 Å². The van der Waals surface area contributed by atoms with Crippen LogP contribution in [0.4, 0.5) is 0 Å². The van der Waals surface area contributed by atoms with Crippen LogP contribution in [0.1, 0.15) is 30.3 Å². The second-order valence-electron chi connectivity index (χ2n) is 4.03. The molecule has 0 spiro atoms. The number of halogens is 1. The van der Waals surface area contributed by atoms with E-state index in [0.29, 0.717) is 18.1 Å². The van der Waals surface area contributed by atoms with Crippen molar-refractivity contribution in [3.63, 3.8) is 0 Å². The Morgan fingerprint density at radius 3 is 3.18 bits per heavy atom. The maximum absolute atomic E-state index is 11.8. The van der Waals surface area contributed by atoms with Crippen molar-refractivity contribution < 1.29 is 9.53 Å². The van der Waals surface area contributed by atoms with E-state index in [0.717, 1.165) is 19.4 Å². The molecule has 1 N–H and O–H groups in total. The first kappa shape index (κ1) is 12.4. The van der Waals surface area contributed by atoms with Crippen molar-refractivity contribution in [2.45, 2.75) is 32.4 Å². The molecule has 1 aromatic heterocycles. The number of rotatable bonds is 4. The van der Waals surface area contributed by atoms with Crippen LogP contribution >= 0.6 is 11.6 Å². The summed E-state index contributed by atoms with van der Waals surface area (Å²) >= 11 is 5.94. The Bertz CT molecular complexity index is 399. The summed E-state index contributed by atoms with van der Waals surface area (Å²) < 4.78 is 7.06. The monoisotopic (exact) mass is 257 g/mol. The standard InChI is InChI=1S/C11H16ClN3O2/c1-2-15-7-9(12)10(14-15)11(16)13-6-8-4-3-5-17-8/h7-8H,2-6H2,1H3,(H,13,16)/t8-/m1/s1. The van der Waals surface area contributed by atoms with Gasteiger partial charge in [0.05, 0.1) is 11.1 Å². The third-order valence-corrected chi connectivity index (χ3v) is 3.05. The van der Waals surface area contributed by atoms with Gasteiger partial charge >= 0.3 is 0 Å². The van der Waals surface area contributed by atoms with Crippen LogP contribution in [0, 0.1) is 0 Å². The van der Waals surface area contributed by atoms with Crippen LogP contribution in [0.15, 0.2) is 6.20 Å². The van der Waals surface area contributed by atoms with Crippen molar-refractivity contribution in [3.8, 4) is 0 Å². The fourth-order valence-corrected chi connectivity index (χ4v) is 2.04. The van der Waals surface area contributed by atoms with E-state index in [-0.39, 0.29) is 17.7 Å². The van der Waals surface area contributed by atoms with Crippen LogP contribution in [-0.2, 0) is 11.3 Å². The quantitative estimate of drug-likeness (QED) is 0.889. The van der Waals surface area contributed by atoms with Crippen molar-refractivity contribution in [1.82, 2.24) is 15.1 Å². The van der Waals surface area contributed by atoms with Crippen molar-refractivity contribution in [2.24, 2.45) is 0 Å². The van der Waals surface area contributed by atoms with Gasteiger partial charge in [0, 0.05) is 25.9 Å². The first-order chi connectivity index (χ1) is 8.20. The lowest BCUT2D eigenvalue weighted by Gasteiger charge is -2.09. The highest BCUT2D eigenvalue weighted by atomic mass is 35.5. The molecule has 0 bridgehead atoms. The molecule has 5 nitrogen and oxygen atoms in total. The Hall–Kier alpha value is -1.07. The van der Waals surface area contributed by atoms with Crippen LogP contribution in [0.25, 0.3) is 0 Å². The second-order valence-corrected chi connectivity index (χ2v) is 4.43. The van der Waals surface area contributed by atoms with Gasteiger partial charge in [0.2, 0.25) is 0 Å². The number of hydrogen-bond donors (Lipinski definition) is 1. The van der Waals surface area contributed by atoms with Crippen molar-refractivity contribution >= 4 is 17.5 Å². The number of nitrogens with one attached hydrogen (secondary N) is 1. The maximum Gasteiger partial charge on any atom is 0.273 e. The minimum atomic E-state index is -0.238. The molecule has 17 heavy (non-hydrogen) atoms. The Morgan fingerprint density at radius 2 is 2.59 bits per heavy atom. The summed E-state index contributed by atoms with van der Waals surface area (Å²) in [5.74, 6) is -0.238. The first-order valence-corrected chi connectivity index (χ1v) is 6.21. The van der Waals surface area contributed by atoms with Gasteiger partial charge in [0.25, 0.3) is 5.91 Å². The predicted octanol–water partition coefficient (Wildman–Crippen LogP) is 1.47. The molecule has 2 heterocycles. The number of carbonyl (C=O) groups excluding carboxylic acids is 1. The number of aryl methyl sites for hydroxylation is 1. The molecule has 1 atom stereocenters. The van der Waals surface area contributed by atoms with E-state index in [2.05, 4.69) is 10.4 Å². The highest BCUT2D eigenvalue weighted by molar-refractivity contribution is 6.33. The van der Waals surface area contributed by atoms with Gasteiger partial charge in [-0.25, -0.2) is 0 Å². The Labute approximate surface area is 105 Å². The number of carbonyl (C=O) groups is 1. The Kier molecular flexibility index (Phi) is 4.02. The van der Waals surface area contributed by atoms with E-state index >= 15 is 0 Å². The lowest BCUT2D eigenvalue weighted by atomic mass is 10.2. The van der Waals surface area contributed by atoms with Crippen molar-refractivity contribution in [1.29, 1.82) is 0 Å². The summed E-state index contributed by atoms with van der Waals surface area (Å²) in [4.78, 5) is 11.8. The van der Waals surface area contributed by atoms with Gasteiger partial charge in [-0.05, 0) is 19.8 Å². The van der Waals surface area contributed by atoms with Gasteiger partial charge in [-0.1, -0.05) is 11.6 Å². The summed E-state index contributed by atoms with van der Waals surface area (Å²) in [7, 11) is 0. The number of amides is 1. The molecule has 0 unspecified atom stereocenters. The van der Waals surface area contributed by atoms with Crippen molar-refractivity contribution in [3.05, 3.63) is 16.9 Å². The molecule has 1 aromatic rings. The zero-order valence-corrected chi connectivity index (χ0v) is 10.5. The number of nitrogens with zero attached hydrogens (tertiary/aromatic N) is 2. The van der Waals surface area contributed by atoms with Gasteiger partial charge in [0.15, 0.2) is 5.69 Å². The molecule has 0 aromatic carbocycles. The topological polar surface area (TPSA) is 56.2 Å². The second kappa shape index (κ2) is 5.51. The molecule has 1 fully saturated rings. The average Bonchev–Trinajstić information content (AvgIpc) is 2.94. The SMILES string of the molecule is CCn1cc(Cl)c(C(=O)NC[C@H]2CCCO2)n1. The van der Waals surface area contributed by atoms with Gasteiger partial charge in [-0.15, -0.1) is 0 Å². The minimum absolute atomic E-state index is 0.131. The summed E-state index contributed by atoms with van der Waals surface area (Å²) in [5.41, 5.74) is 0.284. The molecular weight excluding hydrogens is 242 g/mol. The molecule has 94 valence electrons. The molecule has 1 aliphatic heterocycles. The number of aromatic nitrogens is 2. The molecule has 1 saturated heterocycles. The minimum Gasteiger partial charge on any atom is -0.376 e. The fraction of sp³-hybridized carbons (Fsp3) is 0.636. The zero-order valence-electron chi connectivity index (χ0n) is 9.78. The molecule has 1 aliphatic rings. The summed E-state index contributed by atoms with van der Waals surface area (Å²) in [6.07, 6.45) is 3.84. The van der Waals surface area contributed by atoms with Gasteiger partial charge in [-0.3, -0.25) is 9.48 Å². The first-order valence-electron chi connectivity index (χ1n) is 5.83. The largest absolute Gasteiger partial charge is 0.376 e. The number of hydrogen-bond acceptors (Lipinski definition) is 3. The predicted molar refractivity (Wildman–Crippen MR) is 64.2 cm³/mol. The molecule has 0 radical (unpaired) electrons. The average molecular weight is 258 g/mol. The highest BCUT2D eigenvalue weighted by Crippen LogP contribution is 2.14. The maximum atomic E-state index is 11.8. The molecular formula is C11H16ClN3O2. The van der Waals surface area contributed by atoms with Crippen LogP contribution in [-0.4, -0.2) is 34.9 Å². The molecule has 6 heteroatoms. The van der Waals surface area contributed by atoms with Gasteiger partial charge < -0.3 is 10.1 Å². The lowest BCUT2D eigenvalue weighted by molar-refractivity contribution is 0.0853. The van der Waals surface area contributed by atoms with Crippen LogP contribution in [0.2, 0.25) is 5.02 Å². The fourth-order valence-electron chi connectivity index (χ4n) is 1.81. The lowest BCUT2D eigenvalue weighted by Crippen LogP contribution is -2.32. The summed E-state index contributed by atoms with van der Waals surface area (Å²) in [6.45, 7) is 3.94. The van der Waals surface area contributed by atoms with Crippen LogP contribution in [0.5, 0.6) is 0 Å². The third-order valence-electron chi connectivity index (χ3n) is 2.77. The van der Waals surface area contributed by atoms with Gasteiger partial charge in [0.1, 0.15) is 0 Å². The zero-order chi connectivity index (χ0) is 12.3. The van der Waals surface area contributed by atoms with E-state index in [9.17, 15) is 4.79 Å². The molecule has 0 aliphatic carbocycles. The van der Waals surface area contributed by atoms with Crippen molar-refractivity contribution in [2.75, 3.05) is 13.2 Å². The molecule has 2 rings (SSSR count). The van der Waals surface area contributed by atoms with E-state index in [1.165, 1.54) is 0 Å². The van der Waals surface area contributed by atoms with E-state index in [4.69, 9.17) is 16.3 Å². The number of ether oxygens (including phenoxy) is 1. The molecule has 1 amide bonds. The highest BCUT2D eigenvalue weighted by Gasteiger charge is 2.19. The normalized spacial score (nSPS) is 19.5. The summed E-state index contributed by atoms with van der Waals surface area (Å²) in [5, 5.41) is 7.29. The molecule has 0 saturated carbocycles. The van der Waals surface area contributed by atoms with Crippen LogP contribution in [0.3, 0.4) is 0 Å². The Balaban J connectivity index is 1.91.